The highest BCUT2D eigenvalue weighted by molar-refractivity contribution is 6.99. The average Bonchev–Trinajstić information content (AvgIpc) is 3.39. The van der Waals surface area contributed by atoms with Gasteiger partial charge < -0.3 is 57.3 Å². The number of aromatic hydroxyl groups is 1. The van der Waals surface area contributed by atoms with E-state index in [0.717, 1.165) is 46.4 Å². The van der Waals surface area contributed by atoms with E-state index in [4.69, 9.17) is 42.6 Å². The molecule has 0 spiro atoms. The number of methoxy groups -OCH3 is 1. The lowest BCUT2D eigenvalue weighted by Gasteiger charge is -2.41. The summed E-state index contributed by atoms with van der Waals surface area (Å²) in [6.07, 6.45) is 3.23. The molecule has 0 aliphatic heterocycles. The van der Waals surface area contributed by atoms with Gasteiger partial charge >= 0.3 is 5.97 Å². The second-order valence-electron chi connectivity index (χ2n) is 18.5. The van der Waals surface area contributed by atoms with Crippen molar-refractivity contribution >= 4 is 43.4 Å². The Balaban J connectivity index is 0.907. The summed E-state index contributed by atoms with van der Waals surface area (Å²) in [5, 5.41) is 14.1. The predicted octanol–water partition coefficient (Wildman–Crippen LogP) is 6.66. The summed E-state index contributed by atoms with van der Waals surface area (Å²) in [4.78, 5) is 37.0. The van der Waals surface area contributed by atoms with Gasteiger partial charge in [-0.15, -0.1) is 0 Å². The van der Waals surface area contributed by atoms with Gasteiger partial charge in [-0.2, -0.15) is 0 Å². The molecule has 5 aromatic carbocycles. The molecule has 0 radical (unpaired) electrons. The number of esters is 1. The first-order chi connectivity index (χ1) is 34.3. The molecule has 3 N–H and O–H groups in total. The molecule has 0 aliphatic rings. The second kappa shape index (κ2) is 29.6. The average molecular weight is 1010 g/mol. The van der Waals surface area contributed by atoms with E-state index in [1.807, 2.05) is 121 Å². The van der Waals surface area contributed by atoms with Gasteiger partial charge in [-0.1, -0.05) is 149 Å². The first kappa shape index (κ1) is 57.0. The van der Waals surface area contributed by atoms with Crippen molar-refractivity contribution in [1.29, 1.82) is 0 Å². The Morgan fingerprint density at radius 2 is 0.761 bits per heavy atom. The molecular formula is C56H76O13Si2. The molecule has 15 heteroatoms. The van der Waals surface area contributed by atoms with E-state index < -0.39 is 22.6 Å². The predicted molar refractivity (Wildman–Crippen MR) is 282 cm³/mol. The zero-order valence-corrected chi connectivity index (χ0v) is 44.4. The van der Waals surface area contributed by atoms with Crippen LogP contribution in [0, 0.1) is 0 Å². The number of carbonyl (C=O) groups excluding carboxylic acids is 1. The van der Waals surface area contributed by atoms with Crippen LogP contribution in [0.1, 0.15) is 63.7 Å². The molecule has 13 nitrogen and oxygen atoms in total. The van der Waals surface area contributed by atoms with Gasteiger partial charge in [-0.3, -0.25) is 0 Å². The molecule has 0 saturated carbocycles. The van der Waals surface area contributed by atoms with Crippen LogP contribution in [0.4, 0.5) is 0 Å². The van der Waals surface area contributed by atoms with Gasteiger partial charge in [0.2, 0.25) is 5.75 Å². The first-order valence-corrected chi connectivity index (χ1v) is 28.6. The minimum absolute atomic E-state index is 0.0715. The highest BCUT2D eigenvalue weighted by Gasteiger charge is 2.50. The van der Waals surface area contributed by atoms with Crippen molar-refractivity contribution in [2.24, 2.45) is 0 Å². The van der Waals surface area contributed by atoms with Crippen molar-refractivity contribution in [3.63, 3.8) is 0 Å². The lowest BCUT2D eigenvalue weighted by molar-refractivity contribution is 0.00696. The van der Waals surface area contributed by atoms with Gasteiger partial charge in [0.25, 0.3) is 16.6 Å². The quantitative estimate of drug-likeness (QED) is 0.0225. The second-order valence-corrected chi connectivity index (χ2v) is 26.4. The van der Waals surface area contributed by atoms with Crippen molar-refractivity contribution in [2.45, 2.75) is 63.5 Å². The number of benzene rings is 5. The van der Waals surface area contributed by atoms with E-state index in [1.54, 1.807) is 0 Å². The fourth-order valence-electron chi connectivity index (χ4n) is 8.78. The molecule has 5 rings (SSSR count). The van der Waals surface area contributed by atoms with Crippen LogP contribution in [0.5, 0.6) is 17.2 Å². The Kier molecular flexibility index (Phi) is 23.7. The van der Waals surface area contributed by atoms with Crippen LogP contribution >= 0.6 is 0 Å². The summed E-state index contributed by atoms with van der Waals surface area (Å²) in [5.41, 5.74) is 0.108. The van der Waals surface area contributed by atoms with Gasteiger partial charge in [-0.25, -0.2) is 4.79 Å². The van der Waals surface area contributed by atoms with Crippen LogP contribution in [0.25, 0.3) is 0 Å². The molecule has 0 bridgehead atoms. The Hall–Kier alpha value is -4.92. The number of hydrogen-bond acceptors (Lipinski definition) is 13. The normalized spacial score (nSPS) is 12.2. The molecule has 0 heterocycles. The Labute approximate surface area is 423 Å². The maximum absolute atomic E-state index is 12.3. The minimum atomic E-state index is -3.05. The van der Waals surface area contributed by atoms with Crippen molar-refractivity contribution in [3.05, 3.63) is 139 Å². The van der Waals surface area contributed by atoms with Crippen molar-refractivity contribution in [1.82, 2.24) is 0 Å². The zero-order valence-electron chi connectivity index (χ0n) is 42.4. The maximum atomic E-state index is 12.3. The molecular weight excluding hydrogens is 937 g/mol. The van der Waals surface area contributed by atoms with Crippen LogP contribution in [-0.4, -0.2) is 137 Å². The van der Waals surface area contributed by atoms with Gasteiger partial charge in [-0.05, 0) is 68.6 Å². The van der Waals surface area contributed by atoms with E-state index in [1.165, 1.54) is 19.2 Å². The molecule has 0 atom stereocenters. The standard InChI is InChI=1S/C56H76O13Si2/c1-55(2,70(59,47-20-10-6-11-21-47)48-22-12-7-13-23-48)28-18-30-62-32-34-64-36-38-66-40-42-68-52-45-46(54(58)61-5)44-51(57)53(52)69-43-41-67-39-37-65-35-33-63-31-19-29-56(3,4)71(60,49-24-14-8-15-25-49)50-26-16-9-17-27-50/h6-17,20-27,44-45,57,59-60H,18-19,28-43H2,1-5H3. The lowest BCUT2D eigenvalue weighted by Crippen LogP contribution is -2.65. The summed E-state index contributed by atoms with van der Waals surface area (Å²) in [5.74, 6) is -0.673. The van der Waals surface area contributed by atoms with E-state index in [2.05, 4.69) is 27.7 Å². The molecule has 0 fully saturated rings. The monoisotopic (exact) mass is 1010 g/mol. The number of phenols is 1. The highest BCUT2D eigenvalue weighted by Crippen LogP contribution is 2.41. The maximum Gasteiger partial charge on any atom is 0.338 e. The number of rotatable bonds is 35. The number of hydrogen-bond donors (Lipinski definition) is 3. The third kappa shape index (κ3) is 16.6. The Bertz CT molecular complexity index is 2170. The van der Waals surface area contributed by atoms with Gasteiger partial charge in [0.15, 0.2) is 11.5 Å². The largest absolute Gasteiger partial charge is 0.504 e. The van der Waals surface area contributed by atoms with Crippen LogP contribution in [-0.2, 0) is 33.2 Å². The van der Waals surface area contributed by atoms with Crippen molar-refractivity contribution in [3.8, 4) is 17.2 Å². The van der Waals surface area contributed by atoms with Crippen LogP contribution in [0.2, 0.25) is 10.1 Å². The minimum Gasteiger partial charge on any atom is -0.504 e. The third-order valence-electron chi connectivity index (χ3n) is 12.8. The SMILES string of the molecule is COC(=O)c1cc(O)c(OCCOCCOCCOCCCC(C)(C)[Si](O)(c2ccccc2)c2ccccc2)c(OCCOCCOCCOCCCC(C)(C)[Si](O)(c2ccccc2)c2ccccc2)c1. The molecule has 0 aliphatic carbocycles. The zero-order chi connectivity index (χ0) is 50.8. The van der Waals surface area contributed by atoms with Gasteiger partial charge in [0.05, 0.1) is 78.7 Å². The van der Waals surface area contributed by atoms with E-state index >= 15 is 0 Å². The number of phenolic OH excluding ortho intramolecular Hbond substituents is 1. The van der Waals surface area contributed by atoms with Crippen LogP contribution in [0.3, 0.4) is 0 Å². The van der Waals surface area contributed by atoms with Gasteiger partial charge in [0.1, 0.15) is 13.2 Å². The molecule has 5 aromatic rings. The smallest absolute Gasteiger partial charge is 0.338 e. The molecule has 0 saturated heterocycles. The molecule has 71 heavy (non-hydrogen) atoms. The highest BCUT2D eigenvalue weighted by atomic mass is 28.4. The van der Waals surface area contributed by atoms with Crippen LogP contribution < -0.4 is 30.2 Å². The molecule has 386 valence electrons. The summed E-state index contributed by atoms with van der Waals surface area (Å²) in [6.45, 7) is 13.6. The third-order valence-corrected chi connectivity index (χ3v) is 21.9. The number of ether oxygens (including phenoxy) is 9. The molecule has 0 amide bonds. The molecule has 0 unspecified atom stereocenters. The van der Waals surface area contributed by atoms with E-state index in [-0.39, 0.29) is 59.3 Å². The Morgan fingerprint density at radius 3 is 1.10 bits per heavy atom. The fourth-order valence-corrected chi connectivity index (χ4v) is 16.3. The van der Waals surface area contributed by atoms with E-state index in [9.17, 15) is 19.5 Å². The van der Waals surface area contributed by atoms with Crippen molar-refractivity contribution in [2.75, 3.05) is 99.6 Å². The number of carbonyl (C=O) groups is 1. The van der Waals surface area contributed by atoms with Gasteiger partial charge in [0, 0.05) is 13.2 Å². The Morgan fingerprint density at radius 1 is 0.451 bits per heavy atom. The first-order valence-electron chi connectivity index (χ1n) is 24.7. The lowest BCUT2D eigenvalue weighted by atomic mass is 10.1. The fraction of sp³-hybridized carbons (Fsp3) is 0.446. The molecule has 0 aromatic heterocycles. The summed E-state index contributed by atoms with van der Waals surface area (Å²) >= 11 is 0. The summed E-state index contributed by atoms with van der Waals surface area (Å²) in [7, 11) is -4.84. The van der Waals surface area contributed by atoms with E-state index in [0.29, 0.717) is 66.1 Å². The summed E-state index contributed by atoms with van der Waals surface area (Å²) < 4.78 is 51.0. The topological polar surface area (TPSA) is 161 Å². The van der Waals surface area contributed by atoms with Crippen LogP contribution in [0.15, 0.2) is 133 Å². The summed E-state index contributed by atoms with van der Waals surface area (Å²) in [6, 6.07) is 42.9. The van der Waals surface area contributed by atoms with Crippen molar-refractivity contribution < 1.29 is 62.1 Å².